The number of rotatable bonds is 0. The van der Waals surface area contributed by atoms with Crippen molar-refractivity contribution in [1.82, 2.24) is 5.32 Å². The molecule has 56 valence electrons. The maximum Gasteiger partial charge on any atom is 0.240 e. The number of piperidine rings is 2. The molecule has 10 heavy (non-hydrogen) atoms. The number of carbonyl (C=O) groups is 1. The molecular weight excluding hydrogens is 128 g/mol. The monoisotopic (exact) mass is 140 g/mol. The minimum atomic E-state index is -0.505. The Morgan fingerprint density at radius 1 is 1.50 bits per heavy atom. The summed E-state index contributed by atoms with van der Waals surface area (Å²) in [4.78, 5) is 11.1. The van der Waals surface area contributed by atoms with Gasteiger partial charge in [-0.2, -0.15) is 0 Å². The molecule has 2 aliphatic heterocycles. The van der Waals surface area contributed by atoms with Gasteiger partial charge in [-0.05, 0) is 25.7 Å². The van der Waals surface area contributed by atoms with Gasteiger partial charge in [0.1, 0.15) is 0 Å². The van der Waals surface area contributed by atoms with Crippen LogP contribution in [0.15, 0.2) is 0 Å². The lowest BCUT2D eigenvalue weighted by molar-refractivity contribution is -0.132. The van der Waals surface area contributed by atoms with E-state index in [9.17, 15) is 4.79 Å². The van der Waals surface area contributed by atoms with Gasteiger partial charge in [0, 0.05) is 6.04 Å². The summed E-state index contributed by atoms with van der Waals surface area (Å²) in [5, 5.41) is 2.89. The van der Waals surface area contributed by atoms with Crippen molar-refractivity contribution in [3.8, 4) is 0 Å². The molecule has 0 atom stereocenters. The summed E-state index contributed by atoms with van der Waals surface area (Å²) >= 11 is 0. The predicted octanol–water partition coefficient (Wildman–Crippen LogP) is -0.244. The lowest BCUT2D eigenvalue weighted by Crippen LogP contribution is -2.64. The van der Waals surface area contributed by atoms with E-state index in [1.807, 2.05) is 0 Å². The zero-order chi connectivity index (χ0) is 7.19. The topological polar surface area (TPSA) is 55.1 Å². The van der Waals surface area contributed by atoms with Gasteiger partial charge in [0.2, 0.25) is 5.91 Å². The third kappa shape index (κ3) is 0.669. The van der Waals surface area contributed by atoms with E-state index in [-0.39, 0.29) is 5.91 Å². The van der Waals surface area contributed by atoms with Crippen molar-refractivity contribution in [2.24, 2.45) is 5.73 Å². The predicted molar refractivity (Wildman–Crippen MR) is 37.3 cm³/mol. The zero-order valence-electron chi connectivity index (χ0n) is 5.89. The highest BCUT2D eigenvalue weighted by atomic mass is 16.2. The Labute approximate surface area is 60.0 Å². The van der Waals surface area contributed by atoms with Gasteiger partial charge in [-0.1, -0.05) is 0 Å². The molecule has 3 N–H and O–H groups in total. The van der Waals surface area contributed by atoms with Crippen LogP contribution < -0.4 is 11.1 Å². The van der Waals surface area contributed by atoms with Gasteiger partial charge in [0.15, 0.2) is 0 Å². The molecule has 3 nitrogen and oxygen atoms in total. The summed E-state index contributed by atoms with van der Waals surface area (Å²) in [6.45, 7) is 0. The number of nitrogens with two attached hydrogens (primary N) is 1. The van der Waals surface area contributed by atoms with E-state index >= 15 is 0 Å². The Morgan fingerprint density at radius 3 is 2.40 bits per heavy atom. The smallest absolute Gasteiger partial charge is 0.240 e. The zero-order valence-corrected chi connectivity index (χ0v) is 5.89. The van der Waals surface area contributed by atoms with Crippen LogP contribution in [0.2, 0.25) is 0 Å². The van der Waals surface area contributed by atoms with Gasteiger partial charge >= 0.3 is 0 Å². The first kappa shape index (κ1) is 6.16. The summed E-state index contributed by atoms with van der Waals surface area (Å²) in [6, 6.07) is 0.429. The van der Waals surface area contributed by atoms with Crippen molar-refractivity contribution in [1.29, 1.82) is 0 Å². The third-order valence-electron chi connectivity index (χ3n) is 2.67. The highest BCUT2D eigenvalue weighted by molar-refractivity contribution is 5.87. The van der Waals surface area contributed by atoms with Crippen molar-refractivity contribution in [3.63, 3.8) is 0 Å². The number of nitrogens with one attached hydrogen (secondary N) is 1. The Hall–Kier alpha value is -0.570. The fourth-order valence-electron chi connectivity index (χ4n) is 1.83. The summed E-state index contributed by atoms with van der Waals surface area (Å²) in [6.07, 6.45) is 3.90. The molecule has 1 amide bonds. The quantitative estimate of drug-likeness (QED) is 0.487. The first-order chi connectivity index (χ1) is 4.71. The van der Waals surface area contributed by atoms with Crippen LogP contribution in [0.5, 0.6) is 0 Å². The fourth-order valence-corrected chi connectivity index (χ4v) is 1.83. The normalized spacial score (nSPS) is 45.3. The van der Waals surface area contributed by atoms with E-state index in [4.69, 9.17) is 5.73 Å². The van der Waals surface area contributed by atoms with Crippen molar-refractivity contribution in [3.05, 3.63) is 0 Å². The molecule has 3 aliphatic rings. The van der Waals surface area contributed by atoms with Crippen LogP contribution in [0, 0.1) is 0 Å². The number of carbonyl (C=O) groups excluding carboxylic acids is 1. The lowest BCUT2D eigenvalue weighted by Gasteiger charge is -2.42. The van der Waals surface area contributed by atoms with Gasteiger partial charge in [0.05, 0.1) is 5.54 Å². The van der Waals surface area contributed by atoms with Crippen molar-refractivity contribution >= 4 is 5.91 Å². The van der Waals surface area contributed by atoms with Crippen LogP contribution in [-0.4, -0.2) is 17.5 Å². The summed E-state index contributed by atoms with van der Waals surface area (Å²) in [5.74, 6) is 0.0648. The van der Waals surface area contributed by atoms with Crippen molar-refractivity contribution in [2.45, 2.75) is 37.3 Å². The molecule has 2 bridgehead atoms. The molecule has 3 rings (SSSR count). The summed E-state index contributed by atoms with van der Waals surface area (Å²) in [7, 11) is 0. The molecule has 0 unspecified atom stereocenters. The number of amides is 1. The number of fused-ring (bicyclic) bond motifs is 3. The van der Waals surface area contributed by atoms with E-state index in [2.05, 4.69) is 5.32 Å². The largest absolute Gasteiger partial charge is 0.352 e. The highest BCUT2D eigenvalue weighted by Crippen LogP contribution is 2.31. The highest BCUT2D eigenvalue weighted by Gasteiger charge is 2.43. The van der Waals surface area contributed by atoms with E-state index in [0.29, 0.717) is 6.04 Å². The second-order valence-corrected chi connectivity index (χ2v) is 3.40. The molecule has 2 heterocycles. The second-order valence-electron chi connectivity index (χ2n) is 3.40. The van der Waals surface area contributed by atoms with Crippen LogP contribution in [-0.2, 0) is 4.79 Å². The van der Waals surface area contributed by atoms with Crippen molar-refractivity contribution in [2.75, 3.05) is 0 Å². The SMILES string of the molecule is NC12CCC(CC1)NC2=O. The van der Waals surface area contributed by atoms with Crippen LogP contribution in [0.4, 0.5) is 0 Å². The van der Waals surface area contributed by atoms with Gasteiger partial charge in [-0.3, -0.25) is 4.79 Å². The summed E-state index contributed by atoms with van der Waals surface area (Å²) < 4.78 is 0. The minimum absolute atomic E-state index is 0.0648. The number of hydrogen-bond donors (Lipinski definition) is 2. The van der Waals surface area contributed by atoms with Crippen LogP contribution in [0.3, 0.4) is 0 Å². The molecular formula is C7H12N2O. The maximum absolute atomic E-state index is 11.1. The van der Waals surface area contributed by atoms with Crippen LogP contribution in [0.25, 0.3) is 0 Å². The van der Waals surface area contributed by atoms with E-state index < -0.39 is 5.54 Å². The molecule has 0 aromatic heterocycles. The molecule has 1 aliphatic carbocycles. The van der Waals surface area contributed by atoms with Gasteiger partial charge in [-0.15, -0.1) is 0 Å². The molecule has 3 heteroatoms. The molecule has 3 fully saturated rings. The minimum Gasteiger partial charge on any atom is -0.352 e. The van der Waals surface area contributed by atoms with E-state index in [1.165, 1.54) is 0 Å². The van der Waals surface area contributed by atoms with Gasteiger partial charge in [-0.25, -0.2) is 0 Å². The Morgan fingerprint density at radius 2 is 2.10 bits per heavy atom. The summed E-state index contributed by atoms with van der Waals surface area (Å²) in [5.41, 5.74) is 5.32. The van der Waals surface area contributed by atoms with Gasteiger partial charge < -0.3 is 11.1 Å². The fraction of sp³-hybridized carbons (Fsp3) is 0.857. The standard InChI is InChI=1S/C7H12N2O/c8-7-3-1-5(2-4-7)9-6(7)10/h5H,1-4,8H2,(H,9,10). The maximum atomic E-state index is 11.1. The van der Waals surface area contributed by atoms with Crippen molar-refractivity contribution < 1.29 is 4.79 Å². The number of hydrogen-bond acceptors (Lipinski definition) is 2. The molecule has 1 saturated carbocycles. The molecule has 0 aromatic rings. The Balaban J connectivity index is 2.25. The van der Waals surface area contributed by atoms with E-state index in [0.717, 1.165) is 25.7 Å². The lowest BCUT2D eigenvalue weighted by atomic mass is 9.75. The Kier molecular flexibility index (Phi) is 1.06. The second kappa shape index (κ2) is 1.72. The third-order valence-corrected chi connectivity index (χ3v) is 2.67. The average Bonchev–Trinajstić information content (AvgIpc) is 1.92. The van der Waals surface area contributed by atoms with Gasteiger partial charge in [0.25, 0.3) is 0 Å². The first-order valence-electron chi connectivity index (χ1n) is 3.81. The average molecular weight is 140 g/mol. The molecule has 0 radical (unpaired) electrons. The van der Waals surface area contributed by atoms with Crippen LogP contribution >= 0.6 is 0 Å². The molecule has 0 aromatic carbocycles. The Bertz CT molecular complexity index is 170. The molecule has 0 spiro atoms. The van der Waals surface area contributed by atoms with E-state index in [1.54, 1.807) is 0 Å². The first-order valence-corrected chi connectivity index (χ1v) is 3.81. The molecule has 2 saturated heterocycles. The van der Waals surface area contributed by atoms with Crippen LogP contribution in [0.1, 0.15) is 25.7 Å².